The zero-order chi connectivity index (χ0) is 22.6. The first-order valence-electron chi connectivity index (χ1n) is 10.3. The molecule has 1 aromatic carbocycles. The average Bonchev–Trinajstić information content (AvgIpc) is 2.75. The Morgan fingerprint density at radius 2 is 2.06 bits per heavy atom. The van der Waals surface area contributed by atoms with Crippen LogP contribution in [0.5, 0.6) is 5.88 Å². The van der Waals surface area contributed by atoms with Crippen LogP contribution in [0.2, 0.25) is 0 Å². The number of nitrogens with two attached hydrogens (primary N) is 1. The van der Waals surface area contributed by atoms with E-state index in [1.54, 1.807) is 6.07 Å². The van der Waals surface area contributed by atoms with Crippen LogP contribution in [0.15, 0.2) is 24.5 Å². The van der Waals surface area contributed by atoms with Crippen LogP contribution in [0.25, 0.3) is 21.9 Å². The number of nitrogen functional groups attached to an aromatic ring is 1. The minimum absolute atomic E-state index is 0.0551. The van der Waals surface area contributed by atoms with Crippen LogP contribution in [-0.4, -0.2) is 45.2 Å². The van der Waals surface area contributed by atoms with Crippen molar-refractivity contribution in [3.63, 3.8) is 0 Å². The Bertz CT molecular complexity index is 1260. The summed E-state index contributed by atoms with van der Waals surface area (Å²) in [6.45, 7) is 2.95. The Labute approximate surface area is 182 Å². The average molecular weight is 439 g/mol. The van der Waals surface area contributed by atoms with Gasteiger partial charge in [0.25, 0.3) is 0 Å². The number of ether oxygens (including phenoxy) is 1. The number of rotatable bonds is 3. The van der Waals surface area contributed by atoms with Crippen molar-refractivity contribution in [2.45, 2.75) is 31.9 Å². The van der Waals surface area contributed by atoms with Crippen molar-refractivity contribution in [2.24, 2.45) is 0 Å². The standard InChI is InChI=1S/C22H22FN5O4/c1-11-14(9-27-20-19(11)25-5-6-32-20)13-7-12-8-16(26-10-15(12)18(24)17(13)23)28(21(29)30)22(31)3-2-4-22/h7-10,25,31H,2-6,24H2,1H3,(H,29,30). The van der Waals surface area contributed by atoms with Gasteiger partial charge in [-0.05, 0) is 49.3 Å². The minimum Gasteiger partial charge on any atom is -0.474 e. The quantitative estimate of drug-likeness (QED) is 0.360. The molecule has 2 aliphatic rings. The second-order valence-corrected chi connectivity index (χ2v) is 8.12. The Balaban J connectivity index is 1.67. The number of hydrogen-bond acceptors (Lipinski definition) is 7. The van der Waals surface area contributed by atoms with Gasteiger partial charge in [-0.25, -0.2) is 24.1 Å². The molecule has 2 aromatic heterocycles. The smallest absolute Gasteiger partial charge is 0.415 e. The number of amides is 1. The van der Waals surface area contributed by atoms with Gasteiger partial charge in [0.05, 0.1) is 5.69 Å². The van der Waals surface area contributed by atoms with Crippen molar-refractivity contribution in [3.8, 4) is 17.0 Å². The van der Waals surface area contributed by atoms with Crippen molar-refractivity contribution in [1.29, 1.82) is 0 Å². The monoisotopic (exact) mass is 439 g/mol. The van der Waals surface area contributed by atoms with Gasteiger partial charge < -0.3 is 26.0 Å². The second-order valence-electron chi connectivity index (χ2n) is 8.12. The lowest BCUT2D eigenvalue weighted by Gasteiger charge is -2.43. The molecule has 0 radical (unpaired) electrons. The zero-order valence-corrected chi connectivity index (χ0v) is 17.4. The van der Waals surface area contributed by atoms with Crippen LogP contribution < -0.4 is 20.7 Å². The first-order valence-corrected chi connectivity index (χ1v) is 10.3. The maximum atomic E-state index is 15.3. The Kier molecular flexibility index (Phi) is 4.55. The minimum atomic E-state index is -1.49. The summed E-state index contributed by atoms with van der Waals surface area (Å²) in [5.41, 5.74) is 6.74. The molecule has 0 atom stereocenters. The van der Waals surface area contributed by atoms with Crippen LogP contribution in [0, 0.1) is 12.7 Å². The first-order chi connectivity index (χ1) is 15.3. The molecule has 0 unspecified atom stereocenters. The molecule has 5 N–H and O–H groups in total. The highest BCUT2D eigenvalue weighted by atomic mass is 19.1. The van der Waals surface area contributed by atoms with E-state index in [1.165, 1.54) is 18.5 Å². The summed E-state index contributed by atoms with van der Waals surface area (Å²) in [5, 5.41) is 24.4. The van der Waals surface area contributed by atoms with E-state index in [0.717, 1.165) is 16.9 Å². The number of benzene rings is 1. The van der Waals surface area contributed by atoms with Crippen LogP contribution in [0.1, 0.15) is 24.8 Å². The van der Waals surface area contributed by atoms with Gasteiger partial charge in [-0.3, -0.25) is 0 Å². The van der Waals surface area contributed by atoms with Gasteiger partial charge in [0.15, 0.2) is 5.82 Å². The summed E-state index contributed by atoms with van der Waals surface area (Å²) in [6.07, 6.45) is 2.93. The fraction of sp³-hybridized carbons (Fsp3) is 0.318. The van der Waals surface area contributed by atoms with Crippen molar-refractivity contribution in [1.82, 2.24) is 9.97 Å². The van der Waals surface area contributed by atoms with Crippen molar-refractivity contribution in [3.05, 3.63) is 35.9 Å². The molecule has 0 spiro atoms. The largest absolute Gasteiger partial charge is 0.474 e. The number of halogens is 1. The lowest BCUT2D eigenvalue weighted by Crippen LogP contribution is -2.56. The molecule has 0 bridgehead atoms. The lowest BCUT2D eigenvalue weighted by molar-refractivity contribution is -0.0320. The van der Waals surface area contributed by atoms with Gasteiger partial charge in [-0.1, -0.05) is 0 Å². The molecule has 32 heavy (non-hydrogen) atoms. The van der Waals surface area contributed by atoms with E-state index in [9.17, 15) is 15.0 Å². The predicted molar refractivity (Wildman–Crippen MR) is 117 cm³/mol. The summed E-state index contributed by atoms with van der Waals surface area (Å²) in [5.74, 6) is -0.0927. The van der Waals surface area contributed by atoms with Gasteiger partial charge in [-0.15, -0.1) is 0 Å². The number of anilines is 3. The normalized spacial score (nSPS) is 16.5. The highest BCUT2D eigenvalue weighted by Crippen LogP contribution is 2.41. The molecule has 5 rings (SSSR count). The fourth-order valence-electron chi connectivity index (χ4n) is 4.30. The molecule has 166 valence electrons. The number of carbonyl (C=O) groups is 1. The van der Waals surface area contributed by atoms with Gasteiger partial charge in [0.2, 0.25) is 5.88 Å². The molecule has 9 nitrogen and oxygen atoms in total. The van der Waals surface area contributed by atoms with E-state index < -0.39 is 17.6 Å². The molecule has 1 amide bonds. The van der Waals surface area contributed by atoms with E-state index in [4.69, 9.17) is 10.5 Å². The van der Waals surface area contributed by atoms with Gasteiger partial charge in [-0.2, -0.15) is 0 Å². The number of nitrogens with zero attached hydrogens (tertiary/aromatic N) is 3. The molecule has 1 aliphatic heterocycles. The Morgan fingerprint density at radius 3 is 2.75 bits per heavy atom. The third kappa shape index (κ3) is 2.98. The SMILES string of the molecule is Cc1c(-c2cc3cc(N(C(=O)O)C4(O)CCC4)ncc3c(N)c2F)cnc2c1NCCO2. The lowest BCUT2D eigenvalue weighted by atomic mass is 9.87. The van der Waals surface area contributed by atoms with E-state index in [-0.39, 0.29) is 17.1 Å². The number of carboxylic acid groups (broad SMARTS) is 1. The highest BCUT2D eigenvalue weighted by molar-refractivity contribution is 6.00. The highest BCUT2D eigenvalue weighted by Gasteiger charge is 2.45. The number of aliphatic hydroxyl groups is 1. The molecular weight excluding hydrogens is 417 g/mol. The Hall–Kier alpha value is -3.66. The first kappa shape index (κ1) is 20.3. The number of aromatic nitrogens is 2. The summed E-state index contributed by atoms with van der Waals surface area (Å²) < 4.78 is 20.8. The third-order valence-corrected chi connectivity index (χ3v) is 6.21. The molecule has 1 saturated carbocycles. The van der Waals surface area contributed by atoms with Crippen LogP contribution in [0.4, 0.5) is 26.4 Å². The molecule has 0 saturated heterocycles. The van der Waals surface area contributed by atoms with Crippen LogP contribution in [0.3, 0.4) is 0 Å². The van der Waals surface area contributed by atoms with Crippen LogP contribution >= 0.6 is 0 Å². The number of pyridine rings is 2. The van der Waals surface area contributed by atoms with E-state index >= 15 is 4.39 Å². The summed E-state index contributed by atoms with van der Waals surface area (Å²) in [7, 11) is 0. The molecule has 1 fully saturated rings. The summed E-state index contributed by atoms with van der Waals surface area (Å²) in [4.78, 5) is 21.2. The maximum Gasteiger partial charge on any atom is 0.415 e. The van der Waals surface area contributed by atoms with E-state index in [1.807, 2.05) is 6.92 Å². The molecular formula is C22H22FN5O4. The van der Waals surface area contributed by atoms with Crippen molar-refractivity contribution < 1.29 is 24.1 Å². The predicted octanol–water partition coefficient (Wildman–Crippen LogP) is 3.49. The number of hydrogen-bond donors (Lipinski definition) is 4. The van der Waals surface area contributed by atoms with Gasteiger partial charge >= 0.3 is 6.09 Å². The third-order valence-electron chi connectivity index (χ3n) is 6.21. The van der Waals surface area contributed by atoms with Crippen molar-refractivity contribution >= 4 is 34.1 Å². The Morgan fingerprint density at radius 1 is 1.28 bits per heavy atom. The number of fused-ring (bicyclic) bond motifs is 2. The van der Waals surface area contributed by atoms with E-state index in [2.05, 4.69) is 15.3 Å². The van der Waals surface area contributed by atoms with Crippen LogP contribution in [-0.2, 0) is 0 Å². The second kappa shape index (κ2) is 7.20. The van der Waals surface area contributed by atoms with Crippen molar-refractivity contribution in [2.75, 3.05) is 29.1 Å². The van der Waals surface area contributed by atoms with E-state index in [0.29, 0.717) is 53.9 Å². The molecule has 3 heterocycles. The molecule has 1 aliphatic carbocycles. The topological polar surface area (TPSA) is 134 Å². The maximum absolute atomic E-state index is 15.3. The number of nitrogens with one attached hydrogen (secondary N) is 1. The summed E-state index contributed by atoms with van der Waals surface area (Å²) in [6, 6.07) is 3.10. The molecule has 10 heteroatoms. The fourth-order valence-corrected chi connectivity index (χ4v) is 4.30. The van der Waals surface area contributed by atoms with Gasteiger partial charge in [0, 0.05) is 35.5 Å². The molecule has 3 aromatic rings. The van der Waals surface area contributed by atoms with Gasteiger partial charge in [0.1, 0.15) is 23.8 Å². The zero-order valence-electron chi connectivity index (χ0n) is 17.4. The summed E-state index contributed by atoms with van der Waals surface area (Å²) >= 11 is 0.